The van der Waals surface area contributed by atoms with Gasteiger partial charge in [-0.15, -0.1) is 0 Å². The summed E-state index contributed by atoms with van der Waals surface area (Å²) in [6.45, 7) is 3.51. The molecule has 1 N–H and O–H groups in total. The summed E-state index contributed by atoms with van der Waals surface area (Å²) >= 11 is 0. The number of fused-ring (bicyclic) bond motifs is 1. The molecule has 0 heterocycles. The Labute approximate surface area is 190 Å². The minimum absolute atomic E-state index is 0.0594. The standard InChI is InChI=1S/C28H31NO3/c1-2-31-26-16-15-23(28(30)29-18-17-21-9-4-3-5-10-21)19-24(26)20-32-27-14-8-12-22-11-6-7-13-25(22)27/h6-9,11-16,19H,2-5,10,17-18,20H2,1H3,(H,29,30). The molecule has 0 fully saturated rings. The van der Waals surface area contributed by atoms with Gasteiger partial charge < -0.3 is 14.8 Å². The van der Waals surface area contributed by atoms with Gasteiger partial charge in [0.15, 0.2) is 0 Å². The molecular weight excluding hydrogens is 398 g/mol. The number of benzene rings is 3. The zero-order valence-corrected chi connectivity index (χ0v) is 18.7. The summed E-state index contributed by atoms with van der Waals surface area (Å²) in [6, 6.07) is 19.8. The lowest BCUT2D eigenvalue weighted by Crippen LogP contribution is -2.25. The van der Waals surface area contributed by atoms with Gasteiger partial charge in [0.1, 0.15) is 18.1 Å². The van der Waals surface area contributed by atoms with Crippen LogP contribution in [-0.2, 0) is 6.61 Å². The number of allylic oxidation sites excluding steroid dienone is 1. The first-order chi connectivity index (χ1) is 15.7. The molecule has 1 amide bonds. The normalized spacial score (nSPS) is 13.5. The predicted octanol–water partition coefficient (Wildman–Crippen LogP) is 6.44. The number of hydrogen-bond acceptors (Lipinski definition) is 3. The number of carbonyl (C=O) groups excluding carboxylic acids is 1. The number of amides is 1. The molecule has 4 rings (SSSR count). The van der Waals surface area contributed by atoms with Crippen molar-refractivity contribution in [2.45, 2.75) is 45.6 Å². The van der Waals surface area contributed by atoms with Gasteiger partial charge in [-0.25, -0.2) is 0 Å². The van der Waals surface area contributed by atoms with Crippen LogP contribution in [-0.4, -0.2) is 19.1 Å². The minimum atomic E-state index is -0.0594. The van der Waals surface area contributed by atoms with Crippen LogP contribution in [0.5, 0.6) is 11.5 Å². The summed E-state index contributed by atoms with van der Waals surface area (Å²) in [5.41, 5.74) is 2.96. The predicted molar refractivity (Wildman–Crippen MR) is 129 cm³/mol. The van der Waals surface area contributed by atoms with E-state index in [4.69, 9.17) is 9.47 Å². The summed E-state index contributed by atoms with van der Waals surface area (Å²) in [7, 11) is 0. The molecule has 0 aromatic heterocycles. The lowest BCUT2D eigenvalue weighted by atomic mass is 9.97. The molecule has 166 valence electrons. The van der Waals surface area contributed by atoms with Gasteiger partial charge in [-0.3, -0.25) is 4.79 Å². The van der Waals surface area contributed by atoms with Crippen LogP contribution in [0.15, 0.2) is 72.3 Å². The monoisotopic (exact) mass is 429 g/mol. The molecular formula is C28H31NO3. The van der Waals surface area contributed by atoms with E-state index in [9.17, 15) is 4.79 Å². The molecule has 4 heteroatoms. The largest absolute Gasteiger partial charge is 0.493 e. The zero-order valence-electron chi connectivity index (χ0n) is 18.7. The van der Waals surface area contributed by atoms with E-state index in [1.54, 1.807) is 0 Å². The average molecular weight is 430 g/mol. The second kappa shape index (κ2) is 10.9. The third-order valence-corrected chi connectivity index (χ3v) is 5.87. The lowest BCUT2D eigenvalue weighted by Gasteiger charge is -2.15. The molecule has 0 radical (unpaired) electrons. The molecule has 0 aliphatic heterocycles. The topological polar surface area (TPSA) is 47.6 Å². The Morgan fingerprint density at radius 1 is 0.969 bits per heavy atom. The Morgan fingerprint density at radius 3 is 2.69 bits per heavy atom. The highest BCUT2D eigenvalue weighted by Crippen LogP contribution is 2.28. The minimum Gasteiger partial charge on any atom is -0.493 e. The van der Waals surface area contributed by atoms with Crippen LogP contribution < -0.4 is 14.8 Å². The summed E-state index contributed by atoms with van der Waals surface area (Å²) in [4.78, 5) is 12.7. The van der Waals surface area contributed by atoms with Crippen LogP contribution in [0.25, 0.3) is 10.8 Å². The van der Waals surface area contributed by atoms with E-state index in [1.807, 2.05) is 49.4 Å². The van der Waals surface area contributed by atoms with Gasteiger partial charge in [-0.05, 0) is 68.7 Å². The van der Waals surface area contributed by atoms with Crippen molar-refractivity contribution in [2.24, 2.45) is 0 Å². The smallest absolute Gasteiger partial charge is 0.251 e. The van der Waals surface area contributed by atoms with Crippen molar-refractivity contribution in [3.05, 3.63) is 83.4 Å². The molecule has 3 aromatic rings. The molecule has 0 bridgehead atoms. The Morgan fingerprint density at radius 2 is 1.84 bits per heavy atom. The highest BCUT2D eigenvalue weighted by Gasteiger charge is 2.12. The quantitative estimate of drug-likeness (QED) is 0.398. The highest BCUT2D eigenvalue weighted by atomic mass is 16.5. The fraction of sp³-hybridized carbons (Fsp3) is 0.321. The van der Waals surface area contributed by atoms with Crippen molar-refractivity contribution < 1.29 is 14.3 Å². The Balaban J connectivity index is 1.45. The van der Waals surface area contributed by atoms with Crippen LogP contribution in [0.3, 0.4) is 0 Å². The van der Waals surface area contributed by atoms with E-state index in [2.05, 4.69) is 29.6 Å². The molecule has 1 aliphatic rings. The van der Waals surface area contributed by atoms with Crippen LogP contribution in [0.1, 0.15) is 54.9 Å². The van der Waals surface area contributed by atoms with Crippen molar-refractivity contribution >= 4 is 16.7 Å². The van der Waals surface area contributed by atoms with Gasteiger partial charge in [0, 0.05) is 23.1 Å². The van der Waals surface area contributed by atoms with Crippen LogP contribution in [0.2, 0.25) is 0 Å². The number of ether oxygens (including phenoxy) is 2. The molecule has 1 aliphatic carbocycles. The Hall–Kier alpha value is -3.27. The number of rotatable bonds is 9. The van der Waals surface area contributed by atoms with Gasteiger partial charge in [0.25, 0.3) is 5.91 Å². The van der Waals surface area contributed by atoms with Crippen molar-refractivity contribution in [2.75, 3.05) is 13.2 Å². The fourth-order valence-electron chi connectivity index (χ4n) is 4.18. The molecule has 0 atom stereocenters. The Bertz CT molecular complexity index is 1100. The number of nitrogens with one attached hydrogen (secondary N) is 1. The maximum atomic E-state index is 12.7. The van der Waals surface area contributed by atoms with E-state index in [-0.39, 0.29) is 5.91 Å². The molecule has 0 saturated heterocycles. The summed E-state index contributed by atoms with van der Waals surface area (Å²) in [5, 5.41) is 5.27. The summed E-state index contributed by atoms with van der Waals surface area (Å²) < 4.78 is 12.0. The van der Waals surface area contributed by atoms with Gasteiger partial charge >= 0.3 is 0 Å². The second-order valence-electron chi connectivity index (χ2n) is 8.14. The van der Waals surface area contributed by atoms with E-state index in [0.29, 0.717) is 25.3 Å². The molecule has 0 unspecified atom stereocenters. The van der Waals surface area contributed by atoms with E-state index >= 15 is 0 Å². The maximum absolute atomic E-state index is 12.7. The maximum Gasteiger partial charge on any atom is 0.251 e. The van der Waals surface area contributed by atoms with E-state index in [1.165, 1.54) is 24.8 Å². The number of hydrogen-bond donors (Lipinski definition) is 1. The SMILES string of the molecule is CCOc1ccc(C(=O)NCCC2=CCCCC2)cc1COc1cccc2ccccc12. The first-order valence-electron chi connectivity index (χ1n) is 11.6. The molecule has 4 nitrogen and oxygen atoms in total. The fourth-order valence-corrected chi connectivity index (χ4v) is 4.18. The molecule has 3 aromatic carbocycles. The summed E-state index contributed by atoms with van der Waals surface area (Å²) in [6.07, 6.45) is 8.14. The van der Waals surface area contributed by atoms with Crippen LogP contribution >= 0.6 is 0 Å². The first-order valence-corrected chi connectivity index (χ1v) is 11.6. The van der Waals surface area contributed by atoms with Gasteiger partial charge in [0.05, 0.1) is 6.61 Å². The van der Waals surface area contributed by atoms with Crippen molar-refractivity contribution in [1.29, 1.82) is 0 Å². The lowest BCUT2D eigenvalue weighted by molar-refractivity contribution is 0.0954. The van der Waals surface area contributed by atoms with Crippen molar-refractivity contribution in [3.8, 4) is 11.5 Å². The number of carbonyl (C=O) groups is 1. The van der Waals surface area contributed by atoms with Gasteiger partial charge in [-0.2, -0.15) is 0 Å². The molecule has 32 heavy (non-hydrogen) atoms. The van der Waals surface area contributed by atoms with E-state index < -0.39 is 0 Å². The first kappa shape index (κ1) is 21.9. The van der Waals surface area contributed by atoms with Crippen molar-refractivity contribution in [3.63, 3.8) is 0 Å². The highest BCUT2D eigenvalue weighted by molar-refractivity contribution is 5.94. The average Bonchev–Trinajstić information content (AvgIpc) is 2.84. The van der Waals surface area contributed by atoms with E-state index in [0.717, 1.165) is 40.7 Å². The van der Waals surface area contributed by atoms with Gasteiger partial charge in [0.2, 0.25) is 0 Å². The summed E-state index contributed by atoms with van der Waals surface area (Å²) in [5.74, 6) is 1.51. The molecule has 0 saturated carbocycles. The van der Waals surface area contributed by atoms with Gasteiger partial charge in [-0.1, -0.05) is 48.0 Å². The Kier molecular flexibility index (Phi) is 7.44. The zero-order chi connectivity index (χ0) is 22.2. The van der Waals surface area contributed by atoms with Crippen LogP contribution in [0.4, 0.5) is 0 Å². The van der Waals surface area contributed by atoms with Crippen LogP contribution in [0, 0.1) is 0 Å². The molecule has 0 spiro atoms. The third-order valence-electron chi connectivity index (χ3n) is 5.87. The van der Waals surface area contributed by atoms with Crippen molar-refractivity contribution in [1.82, 2.24) is 5.32 Å². The third kappa shape index (κ3) is 5.50. The second-order valence-corrected chi connectivity index (χ2v) is 8.14.